The Labute approximate surface area is 144 Å². The maximum atomic E-state index is 12.1. The fourth-order valence-electron chi connectivity index (χ4n) is 2.25. The van der Waals surface area contributed by atoms with E-state index in [1.165, 1.54) is 11.7 Å². The lowest BCUT2D eigenvalue weighted by Crippen LogP contribution is -2.20. The molecule has 0 fully saturated rings. The van der Waals surface area contributed by atoms with E-state index in [9.17, 15) is 9.59 Å². The number of anilines is 1. The molecule has 2 aromatic carbocycles. The van der Waals surface area contributed by atoms with Crippen LogP contribution in [0.25, 0.3) is 11.4 Å². The van der Waals surface area contributed by atoms with Crippen LogP contribution in [0.1, 0.15) is 22.8 Å². The highest BCUT2D eigenvalue weighted by Crippen LogP contribution is 2.14. The van der Waals surface area contributed by atoms with E-state index < -0.39 is 0 Å². The summed E-state index contributed by atoms with van der Waals surface area (Å²) < 4.78 is 0. The molecule has 126 valence electrons. The molecule has 0 spiro atoms. The van der Waals surface area contributed by atoms with Crippen molar-refractivity contribution in [2.45, 2.75) is 20.4 Å². The van der Waals surface area contributed by atoms with Gasteiger partial charge in [-0.3, -0.25) is 9.59 Å². The standard InChI is InChI=1S/C18H17N5O2/c1-12-3-5-15(6-4-12)18-20-22-23(21-18)11-17(25)19-16-9-7-14(8-10-16)13(2)24/h3-10H,11H2,1-2H3,(H,19,25). The van der Waals surface area contributed by atoms with Crippen molar-refractivity contribution in [3.8, 4) is 11.4 Å². The van der Waals surface area contributed by atoms with Gasteiger partial charge in [-0.2, -0.15) is 4.80 Å². The maximum absolute atomic E-state index is 12.1. The van der Waals surface area contributed by atoms with E-state index >= 15 is 0 Å². The number of hydrogen-bond donors (Lipinski definition) is 1. The zero-order chi connectivity index (χ0) is 17.8. The van der Waals surface area contributed by atoms with Gasteiger partial charge in [-0.15, -0.1) is 10.2 Å². The number of amides is 1. The van der Waals surface area contributed by atoms with Crippen LogP contribution in [0.15, 0.2) is 48.5 Å². The molecule has 0 aliphatic heterocycles. The molecule has 25 heavy (non-hydrogen) atoms. The predicted octanol–water partition coefficient (Wildman–Crippen LogP) is 2.49. The van der Waals surface area contributed by atoms with Crippen molar-refractivity contribution in [1.82, 2.24) is 20.2 Å². The van der Waals surface area contributed by atoms with Crippen molar-refractivity contribution < 1.29 is 9.59 Å². The molecule has 0 radical (unpaired) electrons. The number of benzene rings is 2. The quantitative estimate of drug-likeness (QED) is 0.724. The molecule has 7 nitrogen and oxygen atoms in total. The highest BCUT2D eigenvalue weighted by Gasteiger charge is 2.10. The van der Waals surface area contributed by atoms with E-state index in [1.807, 2.05) is 31.2 Å². The SMILES string of the molecule is CC(=O)c1ccc(NC(=O)Cn2nnc(-c3ccc(C)cc3)n2)cc1. The second-order valence-electron chi connectivity index (χ2n) is 5.69. The monoisotopic (exact) mass is 335 g/mol. The van der Waals surface area contributed by atoms with Gasteiger partial charge >= 0.3 is 0 Å². The van der Waals surface area contributed by atoms with Gasteiger partial charge in [0.25, 0.3) is 0 Å². The van der Waals surface area contributed by atoms with Crippen LogP contribution >= 0.6 is 0 Å². The molecule has 0 aliphatic rings. The molecular formula is C18H17N5O2. The molecule has 1 aromatic heterocycles. The van der Waals surface area contributed by atoms with E-state index in [-0.39, 0.29) is 18.2 Å². The molecule has 0 atom stereocenters. The Morgan fingerprint density at radius 3 is 2.36 bits per heavy atom. The van der Waals surface area contributed by atoms with E-state index in [1.54, 1.807) is 24.3 Å². The van der Waals surface area contributed by atoms with E-state index in [4.69, 9.17) is 0 Å². The average Bonchev–Trinajstić information content (AvgIpc) is 3.04. The molecule has 1 heterocycles. The number of tetrazole rings is 1. The van der Waals surface area contributed by atoms with Gasteiger partial charge < -0.3 is 5.32 Å². The van der Waals surface area contributed by atoms with E-state index in [0.29, 0.717) is 17.1 Å². The van der Waals surface area contributed by atoms with Crippen LogP contribution in [0, 0.1) is 6.92 Å². The van der Waals surface area contributed by atoms with Crippen molar-refractivity contribution in [1.29, 1.82) is 0 Å². The molecule has 0 saturated carbocycles. The fraction of sp³-hybridized carbons (Fsp3) is 0.167. The summed E-state index contributed by atoms with van der Waals surface area (Å²) in [6.07, 6.45) is 0. The van der Waals surface area contributed by atoms with Gasteiger partial charge in [0.1, 0.15) is 6.54 Å². The smallest absolute Gasteiger partial charge is 0.248 e. The average molecular weight is 335 g/mol. The lowest BCUT2D eigenvalue weighted by molar-refractivity contribution is -0.117. The van der Waals surface area contributed by atoms with Crippen LogP contribution in [-0.2, 0) is 11.3 Å². The maximum Gasteiger partial charge on any atom is 0.248 e. The number of carbonyl (C=O) groups excluding carboxylic acids is 2. The van der Waals surface area contributed by atoms with Crippen molar-refractivity contribution in [2.24, 2.45) is 0 Å². The van der Waals surface area contributed by atoms with Crippen molar-refractivity contribution in [3.05, 3.63) is 59.7 Å². The Balaban J connectivity index is 1.63. The lowest BCUT2D eigenvalue weighted by atomic mass is 10.1. The number of ketones is 1. The number of Topliss-reactive ketones (excluding diaryl/α,β-unsaturated/α-hetero) is 1. The Kier molecular flexibility index (Phi) is 4.65. The lowest BCUT2D eigenvalue weighted by Gasteiger charge is -2.05. The highest BCUT2D eigenvalue weighted by atomic mass is 16.2. The molecule has 0 aliphatic carbocycles. The minimum atomic E-state index is -0.275. The van der Waals surface area contributed by atoms with Crippen molar-refractivity contribution >= 4 is 17.4 Å². The van der Waals surface area contributed by atoms with Crippen LogP contribution in [0.4, 0.5) is 5.69 Å². The highest BCUT2D eigenvalue weighted by molar-refractivity contribution is 5.95. The summed E-state index contributed by atoms with van der Waals surface area (Å²) in [4.78, 5) is 24.6. The van der Waals surface area contributed by atoms with E-state index in [2.05, 4.69) is 20.7 Å². The number of rotatable bonds is 5. The van der Waals surface area contributed by atoms with Crippen molar-refractivity contribution in [2.75, 3.05) is 5.32 Å². The molecule has 1 amide bonds. The van der Waals surface area contributed by atoms with Crippen LogP contribution < -0.4 is 5.32 Å². The van der Waals surface area contributed by atoms with Crippen LogP contribution in [0.2, 0.25) is 0 Å². The summed E-state index contributed by atoms with van der Waals surface area (Å²) in [5.74, 6) is 0.176. The first-order valence-electron chi connectivity index (χ1n) is 7.77. The normalized spacial score (nSPS) is 10.5. The van der Waals surface area contributed by atoms with Gasteiger partial charge in [0.05, 0.1) is 0 Å². The third kappa shape index (κ3) is 4.14. The number of nitrogens with zero attached hydrogens (tertiary/aromatic N) is 4. The summed E-state index contributed by atoms with van der Waals surface area (Å²) in [5.41, 5.74) is 3.19. The zero-order valence-electron chi connectivity index (χ0n) is 13.9. The Hall–Kier alpha value is -3.35. The summed E-state index contributed by atoms with van der Waals surface area (Å²) in [7, 11) is 0. The first-order valence-corrected chi connectivity index (χ1v) is 7.77. The Bertz CT molecular complexity index is 898. The van der Waals surface area contributed by atoms with Crippen molar-refractivity contribution in [3.63, 3.8) is 0 Å². The Morgan fingerprint density at radius 2 is 1.72 bits per heavy atom. The van der Waals surface area contributed by atoms with Gasteiger partial charge in [0, 0.05) is 16.8 Å². The summed E-state index contributed by atoms with van der Waals surface area (Å²) in [6, 6.07) is 14.5. The second kappa shape index (κ2) is 7.04. The molecule has 0 saturated heterocycles. The number of hydrogen-bond acceptors (Lipinski definition) is 5. The number of nitrogens with one attached hydrogen (secondary N) is 1. The number of aryl methyl sites for hydroxylation is 1. The first-order chi connectivity index (χ1) is 12.0. The minimum Gasteiger partial charge on any atom is -0.324 e. The van der Waals surface area contributed by atoms with Gasteiger partial charge in [-0.1, -0.05) is 29.8 Å². The third-order valence-corrected chi connectivity index (χ3v) is 3.62. The molecule has 1 N–H and O–H groups in total. The van der Waals surface area contributed by atoms with Gasteiger partial charge in [0.15, 0.2) is 5.78 Å². The largest absolute Gasteiger partial charge is 0.324 e. The first kappa shape index (κ1) is 16.5. The number of carbonyl (C=O) groups is 2. The predicted molar refractivity (Wildman–Crippen MR) is 93.1 cm³/mol. The third-order valence-electron chi connectivity index (χ3n) is 3.62. The Morgan fingerprint density at radius 1 is 1.04 bits per heavy atom. The molecule has 0 unspecified atom stereocenters. The van der Waals surface area contributed by atoms with Gasteiger partial charge in [-0.25, -0.2) is 0 Å². The molecule has 0 bridgehead atoms. The summed E-state index contributed by atoms with van der Waals surface area (Å²) in [5, 5.41) is 14.8. The van der Waals surface area contributed by atoms with Gasteiger partial charge in [-0.05, 0) is 43.3 Å². The summed E-state index contributed by atoms with van der Waals surface area (Å²) >= 11 is 0. The van der Waals surface area contributed by atoms with Crippen LogP contribution in [0.5, 0.6) is 0 Å². The van der Waals surface area contributed by atoms with E-state index in [0.717, 1.165) is 11.1 Å². The van der Waals surface area contributed by atoms with Crippen LogP contribution in [-0.4, -0.2) is 31.9 Å². The fourth-order valence-corrected chi connectivity index (χ4v) is 2.25. The van der Waals surface area contributed by atoms with Gasteiger partial charge in [0.2, 0.25) is 11.7 Å². The molecule has 3 rings (SSSR count). The molecular weight excluding hydrogens is 318 g/mol. The van der Waals surface area contributed by atoms with Crippen LogP contribution in [0.3, 0.4) is 0 Å². The summed E-state index contributed by atoms with van der Waals surface area (Å²) in [6.45, 7) is 3.45. The minimum absolute atomic E-state index is 0.0201. The molecule has 7 heteroatoms. The topological polar surface area (TPSA) is 89.8 Å². The number of aromatic nitrogens is 4. The zero-order valence-corrected chi connectivity index (χ0v) is 13.9. The second-order valence-corrected chi connectivity index (χ2v) is 5.69. The molecule has 3 aromatic rings.